The SMILES string of the molecule is CNC(=O)c1ccc(CN(C)C2CCOC2=O)cc1. The maximum Gasteiger partial charge on any atom is 0.323 e. The van der Waals surface area contributed by atoms with Crippen molar-refractivity contribution in [3.05, 3.63) is 35.4 Å². The Labute approximate surface area is 112 Å². The number of ether oxygens (including phenoxy) is 1. The largest absolute Gasteiger partial charge is 0.464 e. The number of likely N-dealkylation sites (N-methyl/N-ethyl adjacent to an activating group) is 1. The van der Waals surface area contributed by atoms with Crippen molar-refractivity contribution in [1.82, 2.24) is 10.2 Å². The molecule has 1 aliphatic heterocycles. The van der Waals surface area contributed by atoms with Crippen LogP contribution >= 0.6 is 0 Å². The van der Waals surface area contributed by atoms with Crippen molar-refractivity contribution in [2.24, 2.45) is 0 Å². The zero-order valence-corrected chi connectivity index (χ0v) is 11.2. The molecule has 0 aromatic heterocycles. The number of esters is 1. The first-order valence-corrected chi connectivity index (χ1v) is 6.29. The standard InChI is InChI=1S/C14H18N2O3/c1-15-13(17)11-5-3-10(4-6-11)9-16(2)12-7-8-19-14(12)18/h3-6,12H,7-9H2,1-2H3,(H,15,17). The van der Waals surface area contributed by atoms with Gasteiger partial charge in [-0.15, -0.1) is 0 Å². The van der Waals surface area contributed by atoms with Crippen LogP contribution in [-0.2, 0) is 16.1 Å². The van der Waals surface area contributed by atoms with E-state index in [1.54, 1.807) is 19.2 Å². The van der Waals surface area contributed by atoms with E-state index in [4.69, 9.17) is 4.74 Å². The molecule has 0 radical (unpaired) electrons. The summed E-state index contributed by atoms with van der Waals surface area (Å²) in [7, 11) is 3.51. The van der Waals surface area contributed by atoms with Crippen LogP contribution in [0.2, 0.25) is 0 Å². The molecule has 0 saturated carbocycles. The number of nitrogens with one attached hydrogen (secondary N) is 1. The summed E-state index contributed by atoms with van der Waals surface area (Å²) >= 11 is 0. The Morgan fingerprint density at radius 2 is 2.11 bits per heavy atom. The van der Waals surface area contributed by atoms with Gasteiger partial charge in [0.15, 0.2) is 0 Å². The van der Waals surface area contributed by atoms with Crippen LogP contribution in [0.5, 0.6) is 0 Å². The molecule has 1 aliphatic rings. The van der Waals surface area contributed by atoms with Gasteiger partial charge in [0.25, 0.3) is 5.91 Å². The minimum atomic E-state index is -0.154. The monoisotopic (exact) mass is 262 g/mol. The van der Waals surface area contributed by atoms with Gasteiger partial charge in [0, 0.05) is 25.6 Å². The van der Waals surface area contributed by atoms with Crippen LogP contribution in [-0.4, -0.2) is 43.5 Å². The molecular formula is C14H18N2O3. The van der Waals surface area contributed by atoms with Gasteiger partial charge in [-0.1, -0.05) is 12.1 Å². The maximum atomic E-state index is 11.5. The van der Waals surface area contributed by atoms with E-state index in [9.17, 15) is 9.59 Å². The number of rotatable bonds is 4. The number of carbonyl (C=O) groups excluding carboxylic acids is 2. The number of cyclic esters (lactones) is 1. The molecule has 5 nitrogen and oxygen atoms in total. The molecule has 2 rings (SSSR count). The first kappa shape index (κ1) is 13.5. The molecule has 0 bridgehead atoms. The second kappa shape index (κ2) is 5.84. The topological polar surface area (TPSA) is 58.6 Å². The third kappa shape index (κ3) is 3.12. The van der Waals surface area contributed by atoms with Crippen LogP contribution in [0.3, 0.4) is 0 Å². The van der Waals surface area contributed by atoms with Crippen molar-refractivity contribution in [2.75, 3.05) is 20.7 Å². The molecule has 1 aromatic carbocycles. The van der Waals surface area contributed by atoms with E-state index in [0.29, 0.717) is 18.7 Å². The van der Waals surface area contributed by atoms with Crippen molar-refractivity contribution >= 4 is 11.9 Å². The molecule has 1 amide bonds. The second-order valence-corrected chi connectivity index (χ2v) is 4.66. The normalized spacial score (nSPS) is 18.5. The summed E-state index contributed by atoms with van der Waals surface area (Å²) in [6.07, 6.45) is 0.742. The minimum absolute atomic E-state index is 0.0979. The maximum absolute atomic E-state index is 11.5. The summed E-state index contributed by atoms with van der Waals surface area (Å²) in [5.41, 5.74) is 1.70. The molecule has 1 saturated heterocycles. The molecule has 19 heavy (non-hydrogen) atoms. The summed E-state index contributed by atoms with van der Waals surface area (Å²) in [6.45, 7) is 1.16. The molecular weight excluding hydrogens is 244 g/mol. The highest BCUT2D eigenvalue weighted by atomic mass is 16.5. The summed E-state index contributed by atoms with van der Waals surface area (Å²) in [5.74, 6) is -0.247. The van der Waals surface area contributed by atoms with Crippen molar-refractivity contribution in [1.29, 1.82) is 0 Å². The molecule has 0 spiro atoms. The zero-order valence-electron chi connectivity index (χ0n) is 11.2. The Morgan fingerprint density at radius 3 is 2.63 bits per heavy atom. The van der Waals surface area contributed by atoms with E-state index in [1.807, 2.05) is 24.1 Å². The Morgan fingerprint density at radius 1 is 1.42 bits per heavy atom. The predicted molar refractivity (Wildman–Crippen MR) is 70.7 cm³/mol. The molecule has 1 fully saturated rings. The van der Waals surface area contributed by atoms with Crippen LogP contribution in [0.4, 0.5) is 0 Å². The van der Waals surface area contributed by atoms with Crippen LogP contribution in [0, 0.1) is 0 Å². The molecule has 0 aliphatic carbocycles. The van der Waals surface area contributed by atoms with Gasteiger partial charge in [0.1, 0.15) is 6.04 Å². The fraction of sp³-hybridized carbons (Fsp3) is 0.429. The lowest BCUT2D eigenvalue weighted by Gasteiger charge is -2.20. The number of carbonyl (C=O) groups is 2. The minimum Gasteiger partial charge on any atom is -0.464 e. The van der Waals surface area contributed by atoms with Gasteiger partial charge in [0.05, 0.1) is 6.61 Å². The number of hydrogen-bond donors (Lipinski definition) is 1. The van der Waals surface area contributed by atoms with Gasteiger partial charge in [-0.25, -0.2) is 0 Å². The number of amides is 1. The smallest absolute Gasteiger partial charge is 0.323 e. The molecule has 1 heterocycles. The summed E-state index contributed by atoms with van der Waals surface area (Å²) in [5, 5.41) is 2.58. The van der Waals surface area contributed by atoms with Crippen molar-refractivity contribution in [3.63, 3.8) is 0 Å². The highest BCUT2D eigenvalue weighted by Crippen LogP contribution is 2.15. The zero-order chi connectivity index (χ0) is 13.8. The highest BCUT2D eigenvalue weighted by Gasteiger charge is 2.29. The first-order chi connectivity index (χ1) is 9.11. The van der Waals surface area contributed by atoms with E-state index in [2.05, 4.69) is 5.32 Å². The first-order valence-electron chi connectivity index (χ1n) is 6.29. The lowest BCUT2D eigenvalue weighted by Crippen LogP contribution is -2.34. The number of nitrogens with zero attached hydrogens (tertiary/aromatic N) is 1. The van der Waals surface area contributed by atoms with Crippen LogP contribution < -0.4 is 5.32 Å². The van der Waals surface area contributed by atoms with Crippen molar-refractivity contribution in [2.45, 2.75) is 19.0 Å². The van der Waals surface area contributed by atoms with E-state index in [0.717, 1.165) is 12.0 Å². The van der Waals surface area contributed by atoms with Crippen molar-refractivity contribution < 1.29 is 14.3 Å². The quantitative estimate of drug-likeness (QED) is 0.815. The Kier molecular flexibility index (Phi) is 4.16. The van der Waals surface area contributed by atoms with Crippen molar-refractivity contribution in [3.8, 4) is 0 Å². The predicted octanol–water partition coefficient (Wildman–Crippen LogP) is 0.793. The van der Waals surface area contributed by atoms with E-state index < -0.39 is 0 Å². The molecule has 1 aromatic rings. The van der Waals surface area contributed by atoms with Gasteiger partial charge >= 0.3 is 5.97 Å². The van der Waals surface area contributed by atoms with Gasteiger partial charge < -0.3 is 10.1 Å². The second-order valence-electron chi connectivity index (χ2n) is 4.66. The third-order valence-corrected chi connectivity index (χ3v) is 3.31. The average molecular weight is 262 g/mol. The molecule has 1 unspecified atom stereocenters. The Hall–Kier alpha value is -1.88. The Bertz CT molecular complexity index is 470. The fourth-order valence-electron chi connectivity index (χ4n) is 2.19. The lowest BCUT2D eigenvalue weighted by molar-refractivity contribution is -0.142. The number of benzene rings is 1. The Balaban J connectivity index is 1.99. The van der Waals surface area contributed by atoms with Crippen LogP contribution in [0.15, 0.2) is 24.3 Å². The van der Waals surface area contributed by atoms with Crippen LogP contribution in [0.25, 0.3) is 0 Å². The van der Waals surface area contributed by atoms with E-state index in [-0.39, 0.29) is 17.9 Å². The summed E-state index contributed by atoms with van der Waals surface area (Å²) < 4.78 is 4.96. The van der Waals surface area contributed by atoms with E-state index in [1.165, 1.54) is 0 Å². The molecule has 5 heteroatoms. The third-order valence-electron chi connectivity index (χ3n) is 3.31. The average Bonchev–Trinajstić information content (AvgIpc) is 2.85. The fourth-order valence-corrected chi connectivity index (χ4v) is 2.19. The molecule has 1 N–H and O–H groups in total. The molecule has 102 valence electrons. The van der Waals surface area contributed by atoms with Gasteiger partial charge in [0.2, 0.25) is 0 Å². The van der Waals surface area contributed by atoms with E-state index >= 15 is 0 Å². The van der Waals surface area contributed by atoms with Crippen LogP contribution in [0.1, 0.15) is 22.3 Å². The van der Waals surface area contributed by atoms with Gasteiger partial charge in [-0.05, 0) is 24.7 Å². The van der Waals surface area contributed by atoms with Gasteiger partial charge in [-0.2, -0.15) is 0 Å². The molecule has 1 atom stereocenters. The highest BCUT2D eigenvalue weighted by molar-refractivity contribution is 5.93. The number of hydrogen-bond acceptors (Lipinski definition) is 4. The summed E-state index contributed by atoms with van der Waals surface area (Å²) in [4.78, 5) is 24.9. The van der Waals surface area contributed by atoms with Gasteiger partial charge in [-0.3, -0.25) is 14.5 Å². The lowest BCUT2D eigenvalue weighted by atomic mass is 10.1. The summed E-state index contributed by atoms with van der Waals surface area (Å²) in [6, 6.07) is 7.23.